The van der Waals surface area contributed by atoms with Crippen LogP contribution in [0.2, 0.25) is 0 Å². The summed E-state index contributed by atoms with van der Waals surface area (Å²) in [5.41, 5.74) is 0. The lowest BCUT2D eigenvalue weighted by atomic mass is 10.6. The van der Waals surface area contributed by atoms with Crippen molar-refractivity contribution in [3.63, 3.8) is 0 Å². The van der Waals surface area contributed by atoms with Crippen molar-refractivity contribution >= 4 is 23.2 Å². The van der Waals surface area contributed by atoms with Gasteiger partial charge in [-0.25, -0.2) is 0 Å². The first-order valence-corrected chi connectivity index (χ1v) is 3.87. The van der Waals surface area contributed by atoms with Crippen LogP contribution in [-0.2, 0) is 0 Å². The molecule has 0 amide bonds. The first kappa shape index (κ1) is 9.50. The van der Waals surface area contributed by atoms with Crippen molar-refractivity contribution in [1.29, 1.82) is 0 Å². The van der Waals surface area contributed by atoms with Crippen LogP contribution in [0.15, 0.2) is 0 Å². The third kappa shape index (κ3) is 4.97. The standard InChI is InChI=1S/C5H11Cl2NO/c6-1-3-8(5-9)4-2-7/h9H,1-5H2. The minimum absolute atomic E-state index is 0.0411. The highest BCUT2D eigenvalue weighted by molar-refractivity contribution is 6.18. The fraction of sp³-hybridized carbons (Fsp3) is 1.00. The van der Waals surface area contributed by atoms with E-state index in [1.165, 1.54) is 0 Å². The highest BCUT2D eigenvalue weighted by atomic mass is 35.5. The second-order valence-electron chi connectivity index (χ2n) is 1.64. The molecule has 9 heavy (non-hydrogen) atoms. The van der Waals surface area contributed by atoms with E-state index in [1.54, 1.807) is 4.90 Å². The molecular weight excluding hydrogens is 161 g/mol. The zero-order chi connectivity index (χ0) is 7.11. The summed E-state index contributed by atoms with van der Waals surface area (Å²) in [4.78, 5) is 1.78. The Bertz CT molecular complexity index is 56.9. The number of hydrogen-bond donors (Lipinski definition) is 1. The Labute approximate surface area is 65.4 Å². The van der Waals surface area contributed by atoms with Gasteiger partial charge in [0, 0.05) is 24.8 Å². The highest BCUT2D eigenvalue weighted by Crippen LogP contribution is 1.88. The Hall–Kier alpha value is 0.500. The minimum atomic E-state index is 0.0411. The van der Waals surface area contributed by atoms with E-state index in [2.05, 4.69) is 0 Å². The Morgan fingerprint density at radius 3 is 1.78 bits per heavy atom. The van der Waals surface area contributed by atoms with Gasteiger partial charge in [-0.3, -0.25) is 4.90 Å². The van der Waals surface area contributed by atoms with Gasteiger partial charge in [0.2, 0.25) is 0 Å². The van der Waals surface area contributed by atoms with E-state index in [-0.39, 0.29) is 6.73 Å². The van der Waals surface area contributed by atoms with Crippen LogP contribution in [-0.4, -0.2) is 41.6 Å². The molecule has 1 N–H and O–H groups in total. The van der Waals surface area contributed by atoms with Crippen molar-refractivity contribution in [3.8, 4) is 0 Å². The predicted molar refractivity (Wildman–Crippen MR) is 40.1 cm³/mol. The normalized spacial score (nSPS) is 10.7. The van der Waals surface area contributed by atoms with Gasteiger partial charge in [-0.05, 0) is 0 Å². The fourth-order valence-corrected chi connectivity index (χ4v) is 0.970. The van der Waals surface area contributed by atoms with E-state index in [0.29, 0.717) is 24.8 Å². The lowest BCUT2D eigenvalue weighted by molar-refractivity contribution is 0.120. The number of nitrogens with zero attached hydrogens (tertiary/aromatic N) is 1. The molecule has 0 spiro atoms. The molecule has 0 aromatic rings. The van der Waals surface area contributed by atoms with Crippen LogP contribution in [0.25, 0.3) is 0 Å². The number of hydrogen-bond acceptors (Lipinski definition) is 2. The first-order valence-electron chi connectivity index (χ1n) is 2.80. The van der Waals surface area contributed by atoms with Gasteiger partial charge in [0.05, 0.1) is 6.73 Å². The van der Waals surface area contributed by atoms with Crippen LogP contribution < -0.4 is 0 Å². The maximum absolute atomic E-state index is 8.60. The number of aliphatic hydroxyl groups is 1. The van der Waals surface area contributed by atoms with Gasteiger partial charge in [0.15, 0.2) is 0 Å². The SMILES string of the molecule is OCN(CCCl)CCCl. The second-order valence-corrected chi connectivity index (χ2v) is 2.39. The number of rotatable bonds is 5. The largest absolute Gasteiger partial charge is 0.381 e. The molecule has 4 heteroatoms. The molecule has 0 aromatic carbocycles. The topological polar surface area (TPSA) is 23.5 Å². The highest BCUT2D eigenvalue weighted by Gasteiger charge is 1.98. The molecule has 0 radical (unpaired) electrons. The third-order valence-electron chi connectivity index (χ3n) is 1.00. The molecule has 0 fully saturated rings. The van der Waals surface area contributed by atoms with Crippen molar-refractivity contribution in [1.82, 2.24) is 4.90 Å². The predicted octanol–water partition coefficient (Wildman–Crippen LogP) is 0.716. The molecule has 0 bridgehead atoms. The average Bonchev–Trinajstić information content (AvgIpc) is 1.88. The van der Waals surface area contributed by atoms with Crippen molar-refractivity contribution in [3.05, 3.63) is 0 Å². The Morgan fingerprint density at radius 2 is 1.56 bits per heavy atom. The van der Waals surface area contributed by atoms with Gasteiger partial charge in [-0.15, -0.1) is 23.2 Å². The van der Waals surface area contributed by atoms with Crippen molar-refractivity contribution in [2.45, 2.75) is 0 Å². The monoisotopic (exact) mass is 171 g/mol. The lowest BCUT2D eigenvalue weighted by Crippen LogP contribution is -2.28. The summed E-state index contributed by atoms with van der Waals surface area (Å²) in [6.07, 6.45) is 0. The molecule has 0 unspecified atom stereocenters. The summed E-state index contributed by atoms with van der Waals surface area (Å²) < 4.78 is 0. The van der Waals surface area contributed by atoms with Crippen LogP contribution >= 0.6 is 23.2 Å². The van der Waals surface area contributed by atoms with E-state index < -0.39 is 0 Å². The van der Waals surface area contributed by atoms with E-state index in [9.17, 15) is 0 Å². The Kier molecular flexibility index (Phi) is 6.99. The minimum Gasteiger partial charge on any atom is -0.381 e. The quantitative estimate of drug-likeness (QED) is 0.487. The molecule has 0 aliphatic heterocycles. The summed E-state index contributed by atoms with van der Waals surface area (Å²) in [7, 11) is 0. The first-order chi connectivity index (χ1) is 4.35. The van der Waals surface area contributed by atoms with Crippen molar-refractivity contribution in [2.75, 3.05) is 31.6 Å². The number of alkyl halides is 2. The second kappa shape index (κ2) is 6.62. The Balaban J connectivity index is 3.18. The van der Waals surface area contributed by atoms with Crippen LogP contribution in [0, 0.1) is 0 Å². The maximum Gasteiger partial charge on any atom is 0.0957 e. The maximum atomic E-state index is 8.60. The smallest absolute Gasteiger partial charge is 0.0957 e. The van der Waals surface area contributed by atoms with E-state index in [0.717, 1.165) is 0 Å². The fourth-order valence-electron chi connectivity index (χ4n) is 0.492. The van der Waals surface area contributed by atoms with Crippen LogP contribution in [0.5, 0.6) is 0 Å². The van der Waals surface area contributed by atoms with Gasteiger partial charge in [-0.1, -0.05) is 0 Å². The van der Waals surface area contributed by atoms with Gasteiger partial charge < -0.3 is 5.11 Å². The van der Waals surface area contributed by atoms with E-state index in [4.69, 9.17) is 28.3 Å². The molecule has 0 aromatic heterocycles. The van der Waals surface area contributed by atoms with Crippen LogP contribution in [0.4, 0.5) is 0 Å². The average molecular weight is 172 g/mol. The van der Waals surface area contributed by atoms with E-state index >= 15 is 0 Å². The molecule has 0 rings (SSSR count). The molecule has 2 nitrogen and oxygen atoms in total. The summed E-state index contributed by atoms with van der Waals surface area (Å²) in [5.74, 6) is 1.08. The van der Waals surface area contributed by atoms with E-state index in [1.807, 2.05) is 0 Å². The van der Waals surface area contributed by atoms with Crippen LogP contribution in [0.1, 0.15) is 0 Å². The molecule has 0 aliphatic carbocycles. The molecular formula is C5H11Cl2NO. The summed E-state index contributed by atoms with van der Waals surface area (Å²) in [6, 6.07) is 0. The Morgan fingerprint density at radius 1 is 1.11 bits per heavy atom. The molecule has 0 aliphatic rings. The summed E-state index contributed by atoms with van der Waals surface area (Å²) in [6.45, 7) is 1.44. The molecule has 0 heterocycles. The van der Waals surface area contributed by atoms with Gasteiger partial charge >= 0.3 is 0 Å². The van der Waals surface area contributed by atoms with Crippen molar-refractivity contribution in [2.24, 2.45) is 0 Å². The molecule has 0 saturated carbocycles. The van der Waals surface area contributed by atoms with Crippen molar-refractivity contribution < 1.29 is 5.11 Å². The van der Waals surface area contributed by atoms with Crippen LogP contribution in [0.3, 0.4) is 0 Å². The third-order valence-corrected chi connectivity index (χ3v) is 1.34. The summed E-state index contributed by atoms with van der Waals surface area (Å²) >= 11 is 10.8. The van der Waals surface area contributed by atoms with Gasteiger partial charge in [-0.2, -0.15) is 0 Å². The van der Waals surface area contributed by atoms with Gasteiger partial charge in [0.25, 0.3) is 0 Å². The molecule has 0 saturated heterocycles. The number of halogens is 2. The zero-order valence-electron chi connectivity index (χ0n) is 5.19. The van der Waals surface area contributed by atoms with Gasteiger partial charge in [0.1, 0.15) is 0 Å². The molecule has 0 atom stereocenters. The zero-order valence-corrected chi connectivity index (χ0v) is 6.70. The lowest BCUT2D eigenvalue weighted by Gasteiger charge is -2.15. The number of aliphatic hydroxyl groups excluding tert-OH is 1. The molecule has 56 valence electrons. The summed E-state index contributed by atoms with van der Waals surface area (Å²) in [5, 5.41) is 8.60.